The molecule has 8 bridgehead atoms. The van der Waals surface area contributed by atoms with Gasteiger partial charge in [0.2, 0.25) is 41.4 Å². The van der Waals surface area contributed by atoms with E-state index in [1.165, 1.54) is 17.8 Å². The third kappa shape index (κ3) is 14.5. The number of benzene rings is 1. The SMILES string of the molecule is CC1=C2N=C(C=C3N/C(=C(/C)C4=N[C@@](C)([C@@H]5N=C1[C@](C)(CCC(=O)NC[C@@H](C)OP(=O)(O)O[C@H]1[C@@H](O)[C@@H](n6cnc7cc(C)c(C)cc76)O[C@@H]1COP(=O)(O)O)[C@H]5CC(N)=O)[C@@](C)(CC(N)=O)[C@@H]4CCC(N)=O)[C@@](C)(CC(N)=O)[C@@H]3CCC(N)=O)C(C)(C)[C@@H]2CCC(N)=O. The third-order valence-electron chi connectivity index (χ3n) is 20.8. The number of aromatic nitrogens is 2. The zero-order valence-electron chi connectivity index (χ0n) is 55.0. The maximum absolute atomic E-state index is 14.4. The molecule has 32 heteroatoms. The number of aliphatic hydroxyl groups excluding tert-OH is 1. The van der Waals surface area contributed by atoms with Crippen LogP contribution in [0.15, 0.2) is 67.8 Å². The number of allylic oxidation sites excluding steroid dienone is 6. The minimum Gasteiger partial charge on any atom is -0.386 e. The summed E-state index contributed by atoms with van der Waals surface area (Å²) < 4.78 is 48.9. The Balaban J connectivity index is 1.19. The second-order valence-corrected chi connectivity index (χ2v) is 30.3. The summed E-state index contributed by atoms with van der Waals surface area (Å²) in [7, 11) is -10.4. The number of hydrogen-bond acceptors (Lipinski definition) is 19. The lowest BCUT2D eigenvalue weighted by atomic mass is 9.55. The van der Waals surface area contributed by atoms with Crippen molar-refractivity contribution in [1.29, 1.82) is 0 Å². The Morgan fingerprint density at radius 1 is 0.777 bits per heavy atom. The van der Waals surface area contributed by atoms with Crippen LogP contribution in [0.4, 0.5) is 0 Å². The van der Waals surface area contributed by atoms with Crippen LogP contribution in [0.5, 0.6) is 0 Å². The van der Waals surface area contributed by atoms with Crippen LogP contribution in [0.2, 0.25) is 0 Å². The quantitative estimate of drug-likeness (QED) is 0.0544. The number of amides is 7. The van der Waals surface area contributed by atoms with Gasteiger partial charge in [0.05, 0.1) is 41.7 Å². The Hall–Kier alpha value is -6.85. The average molecular weight is 1350 g/mol. The molecule has 7 amide bonds. The number of phosphoric ester groups is 2. The number of carbonyl (C=O) groups excluding carboxylic acids is 7. The number of rotatable bonds is 28. The fourth-order valence-electron chi connectivity index (χ4n) is 15.6. The van der Waals surface area contributed by atoms with Crippen molar-refractivity contribution in [1.82, 2.24) is 20.2 Å². The van der Waals surface area contributed by atoms with E-state index in [0.717, 1.165) is 11.1 Å². The highest BCUT2D eigenvalue weighted by atomic mass is 31.2. The molecule has 2 saturated heterocycles. The summed E-state index contributed by atoms with van der Waals surface area (Å²) in [6, 6.07) is 2.52. The predicted molar refractivity (Wildman–Crippen MR) is 345 cm³/mol. The maximum Gasteiger partial charge on any atom is 0.472 e. The van der Waals surface area contributed by atoms with Gasteiger partial charge >= 0.3 is 15.6 Å². The second-order valence-electron chi connectivity index (χ2n) is 27.7. The summed E-state index contributed by atoms with van der Waals surface area (Å²) in [5.41, 5.74) is 36.7. The minimum absolute atomic E-state index is 0.0467. The fourth-order valence-corrected chi connectivity index (χ4v) is 17.1. The zero-order valence-corrected chi connectivity index (χ0v) is 56.8. The topological polar surface area (TPSA) is 507 Å². The van der Waals surface area contributed by atoms with Gasteiger partial charge in [-0.05, 0) is 108 Å². The van der Waals surface area contributed by atoms with Crippen molar-refractivity contribution < 1.29 is 80.8 Å². The normalized spacial score (nSPS) is 32.1. The highest BCUT2D eigenvalue weighted by Crippen LogP contribution is 2.63. The first kappa shape index (κ1) is 73.0. The number of nitrogens with one attached hydrogen (secondary N) is 2. The van der Waals surface area contributed by atoms with Gasteiger partial charge in [0.25, 0.3) is 0 Å². The van der Waals surface area contributed by atoms with Gasteiger partial charge in [-0.25, -0.2) is 14.1 Å². The van der Waals surface area contributed by atoms with E-state index in [1.807, 2.05) is 67.5 Å². The van der Waals surface area contributed by atoms with E-state index in [4.69, 9.17) is 67.7 Å². The number of hydrogen-bond donors (Lipinski definition) is 12. The van der Waals surface area contributed by atoms with E-state index in [9.17, 15) is 62.5 Å². The number of fused-ring (bicyclic) bond motifs is 7. The monoisotopic (exact) mass is 1350 g/mol. The largest absolute Gasteiger partial charge is 0.472 e. The number of imidazole rings is 1. The lowest BCUT2D eigenvalue weighted by Crippen LogP contribution is -2.56. The molecule has 2 fully saturated rings. The molecule has 15 atom stereocenters. The number of carbonyl (C=O) groups is 7. The molecule has 1 unspecified atom stereocenters. The van der Waals surface area contributed by atoms with E-state index >= 15 is 0 Å². The van der Waals surface area contributed by atoms with Crippen molar-refractivity contribution in [2.45, 2.75) is 189 Å². The van der Waals surface area contributed by atoms with Crippen LogP contribution in [-0.4, -0.2) is 137 Å². The lowest BCUT2D eigenvalue weighted by Gasteiger charge is -2.48. The molecule has 7 heterocycles. The van der Waals surface area contributed by atoms with E-state index in [1.54, 1.807) is 19.9 Å². The Kier molecular flexibility index (Phi) is 20.9. The first-order chi connectivity index (χ1) is 43.5. The van der Waals surface area contributed by atoms with Gasteiger partial charge in [0, 0.05) is 131 Å². The minimum atomic E-state index is -5.26. The smallest absolute Gasteiger partial charge is 0.386 e. The maximum atomic E-state index is 14.4. The Bertz CT molecular complexity index is 3740. The Labute approximate surface area is 544 Å². The molecule has 2 aromatic rings. The molecule has 18 N–H and O–H groups in total. The van der Waals surface area contributed by atoms with E-state index in [0.29, 0.717) is 56.4 Å². The first-order valence-electron chi connectivity index (χ1n) is 31.3. The number of ether oxygens (including phenoxy) is 1. The number of aliphatic imine (C=N–C) groups is 3. The Morgan fingerprint density at radius 2 is 1.37 bits per heavy atom. The van der Waals surface area contributed by atoms with Crippen LogP contribution < -0.4 is 45.0 Å². The zero-order chi connectivity index (χ0) is 69.9. The van der Waals surface area contributed by atoms with Crippen molar-refractivity contribution in [3.63, 3.8) is 0 Å². The van der Waals surface area contributed by atoms with Crippen molar-refractivity contribution in [3.05, 3.63) is 63.9 Å². The molecule has 0 spiro atoms. The van der Waals surface area contributed by atoms with Crippen LogP contribution in [0.3, 0.4) is 0 Å². The van der Waals surface area contributed by atoms with Crippen molar-refractivity contribution >= 4 is 85.2 Å². The van der Waals surface area contributed by atoms with E-state index < -0.39 is 158 Å². The first-order valence-corrected chi connectivity index (χ1v) is 34.3. The molecule has 94 heavy (non-hydrogen) atoms. The molecular formula is C62H91N13O17P2. The average Bonchev–Trinajstić information content (AvgIpc) is 1.53. The summed E-state index contributed by atoms with van der Waals surface area (Å²) in [4.78, 5) is 145. The van der Waals surface area contributed by atoms with E-state index in [2.05, 4.69) is 15.6 Å². The van der Waals surface area contributed by atoms with Crippen LogP contribution in [0, 0.1) is 59.2 Å². The lowest BCUT2D eigenvalue weighted by molar-refractivity contribution is -0.124. The molecule has 0 radical (unpaired) electrons. The van der Waals surface area contributed by atoms with Gasteiger partial charge in [0.15, 0.2) is 6.23 Å². The van der Waals surface area contributed by atoms with Crippen LogP contribution in [0.25, 0.3) is 11.0 Å². The fraction of sp³-hybridized carbons (Fsp3) is 0.629. The van der Waals surface area contributed by atoms with Gasteiger partial charge in [-0.2, -0.15) is 0 Å². The molecule has 1 aromatic heterocycles. The molecule has 8 rings (SSSR count). The summed E-state index contributed by atoms with van der Waals surface area (Å²) in [6.45, 7) is 18.6. The highest BCUT2D eigenvalue weighted by molar-refractivity contribution is 7.47. The van der Waals surface area contributed by atoms with Crippen molar-refractivity contribution in [3.8, 4) is 0 Å². The number of nitrogens with zero attached hydrogens (tertiary/aromatic N) is 5. The summed E-state index contributed by atoms with van der Waals surface area (Å²) in [6.07, 6.45) is -5.68. The van der Waals surface area contributed by atoms with Gasteiger partial charge in [-0.15, -0.1) is 0 Å². The molecule has 6 aliphatic heterocycles. The second kappa shape index (κ2) is 27.0. The predicted octanol–water partition coefficient (Wildman–Crippen LogP) is 3.28. The molecule has 30 nitrogen and oxygen atoms in total. The van der Waals surface area contributed by atoms with Crippen LogP contribution in [-0.2, 0) is 61.0 Å². The number of aryl methyl sites for hydroxylation is 2. The van der Waals surface area contributed by atoms with Gasteiger partial charge < -0.3 is 74.1 Å². The number of primary amides is 6. The molecular weight excluding hydrogens is 1260 g/mol. The van der Waals surface area contributed by atoms with E-state index in [-0.39, 0.29) is 70.6 Å². The highest BCUT2D eigenvalue weighted by Gasteiger charge is 2.66. The van der Waals surface area contributed by atoms with Gasteiger partial charge in [0.1, 0.15) is 18.3 Å². The van der Waals surface area contributed by atoms with Gasteiger partial charge in [-0.1, -0.05) is 34.6 Å². The Morgan fingerprint density at radius 3 is 1.96 bits per heavy atom. The molecule has 516 valence electrons. The molecule has 1 aromatic carbocycles. The third-order valence-corrected chi connectivity index (χ3v) is 22.4. The van der Waals surface area contributed by atoms with Gasteiger partial charge in [-0.3, -0.25) is 62.1 Å². The number of aliphatic hydroxyl groups is 1. The summed E-state index contributed by atoms with van der Waals surface area (Å²) in [5.74, 6) is -7.46. The van der Waals surface area contributed by atoms with Crippen molar-refractivity contribution in [2.24, 2.45) is 94.7 Å². The van der Waals surface area contributed by atoms with Crippen LogP contribution >= 0.6 is 15.6 Å². The summed E-state index contributed by atoms with van der Waals surface area (Å²) in [5, 5.41) is 18.0. The summed E-state index contributed by atoms with van der Waals surface area (Å²) >= 11 is 0. The molecule has 6 aliphatic rings. The standard InChI is InChI=1S/C62H91N13O17P2/c1-29-20-39-40(21-30(29)2)75(28-70-39)57-52(83)53(41(90-57)27-89-93(84,85)86)92-94(87,88)91-31(3)26-69-49(82)18-19-59(8)37(22-46(66)79)56-62(11)61(10,25-48(68)81)36(14-17-45(65)78)51(74-62)33(5)55-60(9,24-47(67)80)34(12-15-43(63)76)38(71-55)23-42-58(6,7)35(13-16-44(64)77)50(72-42)32(4)54(59)73-56/h20-21,23,28,31,34-37,41,52-53,56-57,71,83H,12-19,22,24-27H2,1-11H3,(H2,63,76)(H2,64,77)(H2,65,78)(H2,66,79)(H2,67,80)(H2,68,81)(H,69,82)(H,87,88)(H2,84,85,86)/b38-23?,50-32?,55-33-/t31-,34-,35-,36-,37+,41-,52-,53-,56-,57+,59-,60+,61+,62+/m1/s1. The van der Waals surface area contributed by atoms with Crippen LogP contribution in [0.1, 0.15) is 150 Å². The van der Waals surface area contributed by atoms with Crippen molar-refractivity contribution in [2.75, 3.05) is 13.2 Å². The molecule has 0 aliphatic carbocycles. The number of nitrogens with two attached hydrogens (primary N) is 6. The molecule has 0 saturated carbocycles. The number of phosphoric acid groups is 2.